The molecule has 5 nitrogen and oxygen atoms in total. The number of rotatable bonds is 2. The summed E-state index contributed by atoms with van der Waals surface area (Å²) in [5, 5.41) is 3.02. The van der Waals surface area contributed by atoms with Crippen molar-refractivity contribution >= 4 is 13.5 Å². The van der Waals surface area contributed by atoms with Gasteiger partial charge in [-0.2, -0.15) is 0 Å². The van der Waals surface area contributed by atoms with Gasteiger partial charge in [-0.25, -0.2) is 0 Å². The van der Waals surface area contributed by atoms with Crippen LogP contribution in [0.15, 0.2) is 35.2 Å². The third kappa shape index (κ3) is 3.47. The van der Waals surface area contributed by atoms with E-state index in [-0.39, 0.29) is 22.1 Å². The van der Waals surface area contributed by atoms with E-state index < -0.39 is 19.1 Å². The Hall–Kier alpha value is -1.16. The maximum absolute atomic E-state index is 12.7. The second-order valence-corrected chi connectivity index (χ2v) is 13.1. The van der Waals surface area contributed by atoms with Crippen LogP contribution >= 0.6 is 7.60 Å². The molecule has 4 rings (SSSR count). The highest BCUT2D eigenvalue weighted by molar-refractivity contribution is 7.56. The quantitative estimate of drug-likeness (QED) is 0.426. The number of hydrogen-bond donors (Lipinski definition) is 3. The largest absolute Gasteiger partial charge is 0.354 e. The molecular weight excluding hydrogens is 397 g/mol. The highest BCUT2D eigenvalue weighted by atomic mass is 31.2. The van der Waals surface area contributed by atoms with E-state index >= 15 is 0 Å². The Labute approximate surface area is 180 Å². The molecule has 0 aromatic rings. The van der Waals surface area contributed by atoms with Gasteiger partial charge in [0.15, 0.2) is 0 Å². The summed E-state index contributed by atoms with van der Waals surface area (Å²) < 4.78 is 12.3. The lowest BCUT2D eigenvalue weighted by Gasteiger charge is -2.54. The third-order valence-corrected chi connectivity index (χ3v) is 9.47. The van der Waals surface area contributed by atoms with Gasteiger partial charge >= 0.3 is 7.60 Å². The fourth-order valence-electron chi connectivity index (χ4n) is 6.58. The predicted molar refractivity (Wildman–Crippen MR) is 119 cm³/mol. The van der Waals surface area contributed by atoms with Crippen LogP contribution in [0.2, 0.25) is 0 Å². The van der Waals surface area contributed by atoms with Crippen molar-refractivity contribution in [2.75, 3.05) is 0 Å². The van der Waals surface area contributed by atoms with Crippen LogP contribution in [0.5, 0.6) is 0 Å². The summed E-state index contributed by atoms with van der Waals surface area (Å²) >= 11 is 0. The van der Waals surface area contributed by atoms with Crippen molar-refractivity contribution < 1.29 is 19.1 Å². The highest BCUT2D eigenvalue weighted by Crippen LogP contribution is 2.64. The Kier molecular flexibility index (Phi) is 5.08. The SMILES string of the molecule is CC(C)(C)C(=O)NC1C[C@@]2(C)C(=CCC3C2C=C[C@]2(C)CCCC32)C=C1P(=O)(O)O. The molecule has 30 heavy (non-hydrogen) atoms. The first kappa shape index (κ1) is 22.0. The predicted octanol–water partition coefficient (Wildman–Crippen LogP) is 4.93. The Bertz CT molecular complexity index is 891. The molecule has 6 heteroatoms. The molecule has 3 N–H and O–H groups in total. The van der Waals surface area contributed by atoms with Crippen LogP contribution in [-0.4, -0.2) is 21.7 Å². The normalized spacial score (nSPS) is 40.6. The third-order valence-electron chi connectivity index (χ3n) is 8.36. The summed E-state index contributed by atoms with van der Waals surface area (Å²) in [6.07, 6.45) is 14.0. The smallest absolute Gasteiger partial charge is 0.348 e. The van der Waals surface area contributed by atoms with Crippen LogP contribution in [0.3, 0.4) is 0 Å². The van der Waals surface area contributed by atoms with Crippen LogP contribution in [0.4, 0.5) is 0 Å². The van der Waals surface area contributed by atoms with Crippen LogP contribution < -0.4 is 5.32 Å². The van der Waals surface area contributed by atoms with Crippen molar-refractivity contribution in [1.82, 2.24) is 5.32 Å². The molecule has 0 radical (unpaired) electrons. The number of fused-ring (bicyclic) bond motifs is 5. The molecule has 1 saturated carbocycles. The fraction of sp³-hybridized carbons (Fsp3) is 0.708. The molecule has 4 unspecified atom stereocenters. The molecule has 0 aliphatic heterocycles. The second kappa shape index (κ2) is 6.92. The van der Waals surface area contributed by atoms with Gasteiger partial charge in [-0.15, -0.1) is 0 Å². The minimum atomic E-state index is -4.48. The minimum absolute atomic E-state index is 0.0489. The van der Waals surface area contributed by atoms with Crippen LogP contribution in [0.1, 0.15) is 66.7 Å². The van der Waals surface area contributed by atoms with Crippen molar-refractivity contribution in [2.24, 2.45) is 34.0 Å². The zero-order chi connectivity index (χ0) is 22.1. The summed E-state index contributed by atoms with van der Waals surface area (Å²) in [5.74, 6) is 1.37. The van der Waals surface area contributed by atoms with Gasteiger partial charge in [0.1, 0.15) is 0 Å². The highest BCUT2D eigenvalue weighted by Gasteiger charge is 2.55. The van der Waals surface area contributed by atoms with Gasteiger partial charge in [-0.05, 0) is 60.5 Å². The Morgan fingerprint density at radius 2 is 1.97 bits per heavy atom. The van der Waals surface area contributed by atoms with Gasteiger partial charge in [-0.1, -0.05) is 59.3 Å². The van der Waals surface area contributed by atoms with E-state index in [2.05, 4.69) is 37.4 Å². The molecule has 0 aromatic carbocycles. The second-order valence-electron chi connectivity index (χ2n) is 11.5. The summed E-state index contributed by atoms with van der Waals surface area (Å²) in [4.78, 5) is 32.8. The van der Waals surface area contributed by atoms with Crippen molar-refractivity contribution in [3.8, 4) is 0 Å². The molecule has 0 bridgehead atoms. The van der Waals surface area contributed by atoms with Gasteiger partial charge in [0, 0.05) is 10.8 Å². The van der Waals surface area contributed by atoms with E-state index in [4.69, 9.17) is 0 Å². The van der Waals surface area contributed by atoms with Gasteiger partial charge in [0.25, 0.3) is 0 Å². The molecule has 0 aromatic heterocycles. The van der Waals surface area contributed by atoms with E-state index in [0.717, 1.165) is 12.0 Å². The van der Waals surface area contributed by atoms with Crippen molar-refractivity contribution in [1.29, 1.82) is 0 Å². The van der Waals surface area contributed by atoms with E-state index in [1.54, 1.807) is 6.08 Å². The average molecular weight is 434 g/mol. The lowest BCUT2D eigenvalue weighted by Crippen LogP contribution is -2.51. The van der Waals surface area contributed by atoms with E-state index in [1.807, 2.05) is 20.8 Å². The van der Waals surface area contributed by atoms with Crippen molar-refractivity contribution in [3.63, 3.8) is 0 Å². The summed E-state index contributed by atoms with van der Waals surface area (Å²) in [7, 11) is -4.48. The summed E-state index contributed by atoms with van der Waals surface area (Å²) in [5.41, 5.74) is 0.444. The Balaban J connectivity index is 1.74. The number of nitrogens with one attached hydrogen (secondary N) is 1. The molecule has 1 amide bonds. The van der Waals surface area contributed by atoms with Crippen molar-refractivity contribution in [3.05, 3.63) is 35.2 Å². The number of amides is 1. The van der Waals surface area contributed by atoms with Crippen LogP contribution in [0.25, 0.3) is 0 Å². The number of allylic oxidation sites excluding steroid dienone is 5. The zero-order valence-electron chi connectivity index (χ0n) is 18.8. The van der Waals surface area contributed by atoms with Crippen LogP contribution in [-0.2, 0) is 9.36 Å². The molecule has 166 valence electrons. The number of carbonyl (C=O) groups is 1. The van der Waals surface area contributed by atoms with Gasteiger partial charge < -0.3 is 15.1 Å². The number of carbonyl (C=O) groups excluding carboxylic acids is 1. The molecule has 0 saturated heterocycles. The molecule has 1 fully saturated rings. The standard InChI is InChI=1S/C24H36NO4P/c1-22(2,3)21(26)25-19-14-24(5)15(13-20(19)30(27,28)29)8-9-16-17-7-6-11-23(17,4)12-10-18(16)24/h8,10,12-13,16-19H,6-7,9,11,14H2,1-5H3,(H,25,26)(H2,27,28,29)/t16?,17?,18?,19?,23-,24-/m0/s1. The lowest BCUT2D eigenvalue weighted by molar-refractivity contribution is -0.129. The zero-order valence-corrected chi connectivity index (χ0v) is 19.7. The minimum Gasteiger partial charge on any atom is -0.348 e. The molecular formula is C24H36NO4P. The lowest BCUT2D eigenvalue weighted by atomic mass is 9.51. The molecule has 4 aliphatic rings. The van der Waals surface area contributed by atoms with Crippen molar-refractivity contribution in [2.45, 2.75) is 72.8 Å². The molecule has 4 aliphatic carbocycles. The number of hydrogen-bond acceptors (Lipinski definition) is 2. The summed E-state index contributed by atoms with van der Waals surface area (Å²) in [6.45, 7) is 10.1. The average Bonchev–Trinajstić information content (AvgIpc) is 3.00. The first-order valence-electron chi connectivity index (χ1n) is 11.2. The molecule has 0 spiro atoms. The van der Waals surface area contributed by atoms with Crippen LogP contribution in [0, 0.1) is 34.0 Å². The molecule has 6 atom stereocenters. The Morgan fingerprint density at radius 1 is 1.27 bits per heavy atom. The topological polar surface area (TPSA) is 86.6 Å². The van der Waals surface area contributed by atoms with E-state index in [9.17, 15) is 19.1 Å². The summed E-state index contributed by atoms with van der Waals surface area (Å²) in [6, 6.07) is -0.649. The first-order valence-corrected chi connectivity index (χ1v) is 12.9. The molecule has 0 heterocycles. The monoisotopic (exact) mass is 433 g/mol. The van der Waals surface area contributed by atoms with E-state index in [1.165, 1.54) is 19.3 Å². The first-order chi connectivity index (χ1) is 13.8. The fourth-order valence-corrected chi connectivity index (χ4v) is 7.45. The maximum Gasteiger partial charge on any atom is 0.354 e. The maximum atomic E-state index is 12.7. The van der Waals surface area contributed by atoms with Gasteiger partial charge in [0.05, 0.1) is 11.4 Å². The Morgan fingerprint density at radius 3 is 2.60 bits per heavy atom. The van der Waals surface area contributed by atoms with Gasteiger partial charge in [-0.3, -0.25) is 9.36 Å². The van der Waals surface area contributed by atoms with Gasteiger partial charge in [0.2, 0.25) is 5.91 Å². The van der Waals surface area contributed by atoms with E-state index in [0.29, 0.717) is 24.2 Å².